The van der Waals surface area contributed by atoms with Crippen LogP contribution in [0.25, 0.3) is 0 Å². The Morgan fingerprint density at radius 1 is 1.46 bits per heavy atom. The highest BCUT2D eigenvalue weighted by Crippen LogP contribution is 2.18. The van der Waals surface area contributed by atoms with E-state index in [0.717, 1.165) is 22.0 Å². The van der Waals surface area contributed by atoms with Gasteiger partial charge in [-0.2, -0.15) is 0 Å². The molecule has 0 aliphatic carbocycles. The molecule has 0 saturated carbocycles. The Morgan fingerprint density at radius 2 is 2.15 bits per heavy atom. The number of aryl methyl sites for hydroxylation is 1. The summed E-state index contributed by atoms with van der Waals surface area (Å²) in [5.41, 5.74) is 3.05. The maximum Gasteiger partial charge on any atom is 0.163 e. The molecule has 0 aromatic heterocycles. The topological polar surface area (TPSA) is 17.1 Å². The van der Waals surface area contributed by atoms with E-state index in [9.17, 15) is 4.79 Å². The molecule has 0 atom stereocenters. The summed E-state index contributed by atoms with van der Waals surface area (Å²) in [4.78, 5) is 11.6. The summed E-state index contributed by atoms with van der Waals surface area (Å²) in [6.07, 6.45) is 0.574. The summed E-state index contributed by atoms with van der Waals surface area (Å²) < 4.78 is 0. The van der Waals surface area contributed by atoms with Gasteiger partial charge in [0.05, 0.1) is 0 Å². The highest BCUT2D eigenvalue weighted by Gasteiger charge is 2.10. The largest absolute Gasteiger partial charge is 0.294 e. The lowest BCUT2D eigenvalue weighted by Gasteiger charge is -2.07. The first-order valence-electron chi connectivity index (χ1n) is 4.38. The fourth-order valence-corrected chi connectivity index (χ4v) is 1.88. The number of carbonyl (C=O) groups excluding carboxylic acids is 1. The van der Waals surface area contributed by atoms with Gasteiger partial charge in [0.2, 0.25) is 0 Å². The molecule has 1 aromatic rings. The SMILES string of the molecule is CCC(=O)c1c(C)cccc1CBr. The molecular formula is C11H13BrO. The molecule has 0 unspecified atom stereocenters. The second-order valence-electron chi connectivity index (χ2n) is 3.02. The number of ketones is 1. The van der Waals surface area contributed by atoms with Gasteiger partial charge in [0.15, 0.2) is 5.78 Å². The van der Waals surface area contributed by atoms with Crippen molar-refractivity contribution in [3.8, 4) is 0 Å². The molecule has 0 aliphatic rings. The van der Waals surface area contributed by atoms with E-state index in [1.54, 1.807) is 0 Å². The molecule has 1 rings (SSSR count). The molecular weight excluding hydrogens is 228 g/mol. The summed E-state index contributed by atoms with van der Waals surface area (Å²) in [6, 6.07) is 5.96. The predicted molar refractivity (Wildman–Crippen MR) is 58.4 cm³/mol. The molecule has 0 saturated heterocycles. The summed E-state index contributed by atoms with van der Waals surface area (Å²) in [6.45, 7) is 3.88. The molecule has 0 radical (unpaired) electrons. The van der Waals surface area contributed by atoms with Crippen LogP contribution in [0.4, 0.5) is 0 Å². The zero-order chi connectivity index (χ0) is 9.84. The van der Waals surface area contributed by atoms with Gasteiger partial charge in [-0.25, -0.2) is 0 Å². The van der Waals surface area contributed by atoms with Crippen molar-refractivity contribution in [3.63, 3.8) is 0 Å². The Kier molecular flexibility index (Phi) is 3.67. The van der Waals surface area contributed by atoms with Crippen molar-refractivity contribution >= 4 is 21.7 Å². The molecule has 0 amide bonds. The molecule has 0 aliphatic heterocycles. The lowest BCUT2D eigenvalue weighted by Crippen LogP contribution is -2.03. The number of Topliss-reactive ketones (excluding diaryl/α,β-unsaturated/α-hetero) is 1. The number of hydrogen-bond donors (Lipinski definition) is 0. The molecule has 0 fully saturated rings. The zero-order valence-corrected chi connectivity index (χ0v) is 9.52. The summed E-state index contributed by atoms with van der Waals surface area (Å²) >= 11 is 3.39. The standard InChI is InChI=1S/C11H13BrO/c1-3-10(13)11-8(2)5-4-6-9(11)7-12/h4-6H,3,7H2,1-2H3. The van der Waals surface area contributed by atoms with E-state index in [-0.39, 0.29) is 5.78 Å². The van der Waals surface area contributed by atoms with Gasteiger partial charge in [-0.05, 0) is 18.1 Å². The highest BCUT2D eigenvalue weighted by molar-refractivity contribution is 9.08. The minimum Gasteiger partial charge on any atom is -0.294 e. The highest BCUT2D eigenvalue weighted by atomic mass is 79.9. The van der Waals surface area contributed by atoms with Gasteiger partial charge in [-0.3, -0.25) is 4.79 Å². The summed E-state index contributed by atoms with van der Waals surface area (Å²) in [5.74, 6) is 0.229. The maximum atomic E-state index is 11.6. The van der Waals surface area contributed by atoms with Crippen molar-refractivity contribution in [2.45, 2.75) is 25.6 Å². The van der Waals surface area contributed by atoms with Crippen molar-refractivity contribution in [1.82, 2.24) is 0 Å². The maximum absolute atomic E-state index is 11.6. The van der Waals surface area contributed by atoms with Gasteiger partial charge in [-0.15, -0.1) is 0 Å². The van der Waals surface area contributed by atoms with E-state index in [1.807, 2.05) is 32.0 Å². The van der Waals surface area contributed by atoms with E-state index in [1.165, 1.54) is 0 Å². The normalized spacial score (nSPS) is 10.1. The molecule has 0 N–H and O–H groups in total. The molecule has 1 aromatic carbocycles. The molecule has 1 nitrogen and oxygen atoms in total. The first-order chi connectivity index (χ1) is 6.20. The minimum absolute atomic E-state index is 0.229. The van der Waals surface area contributed by atoms with Crippen LogP contribution in [-0.4, -0.2) is 5.78 Å². The Morgan fingerprint density at radius 3 is 2.69 bits per heavy atom. The number of rotatable bonds is 3. The molecule has 70 valence electrons. The van der Waals surface area contributed by atoms with Crippen LogP contribution in [0.2, 0.25) is 0 Å². The fourth-order valence-electron chi connectivity index (χ4n) is 1.42. The second-order valence-corrected chi connectivity index (χ2v) is 3.58. The first-order valence-corrected chi connectivity index (χ1v) is 5.50. The third-order valence-corrected chi connectivity index (χ3v) is 2.71. The van der Waals surface area contributed by atoms with E-state index in [2.05, 4.69) is 15.9 Å². The smallest absolute Gasteiger partial charge is 0.163 e. The molecule has 2 heteroatoms. The average Bonchev–Trinajstić information content (AvgIpc) is 2.16. The van der Waals surface area contributed by atoms with Crippen LogP contribution in [0.15, 0.2) is 18.2 Å². The second kappa shape index (κ2) is 4.56. The number of halogens is 1. The fraction of sp³-hybridized carbons (Fsp3) is 0.364. The van der Waals surface area contributed by atoms with Crippen molar-refractivity contribution < 1.29 is 4.79 Å². The van der Waals surface area contributed by atoms with Crippen molar-refractivity contribution in [2.24, 2.45) is 0 Å². The van der Waals surface area contributed by atoms with Crippen LogP contribution in [-0.2, 0) is 5.33 Å². The average molecular weight is 241 g/mol. The molecule has 0 spiro atoms. The lowest BCUT2D eigenvalue weighted by molar-refractivity contribution is 0.0987. The number of alkyl halides is 1. The first kappa shape index (κ1) is 10.5. The van der Waals surface area contributed by atoms with Gasteiger partial charge < -0.3 is 0 Å². The summed E-state index contributed by atoms with van der Waals surface area (Å²) in [7, 11) is 0. The molecule has 0 bridgehead atoms. The van der Waals surface area contributed by atoms with Gasteiger partial charge in [0, 0.05) is 17.3 Å². The Bertz CT molecular complexity index is 318. The van der Waals surface area contributed by atoms with Crippen molar-refractivity contribution in [3.05, 3.63) is 34.9 Å². The van der Waals surface area contributed by atoms with Crippen LogP contribution < -0.4 is 0 Å². The van der Waals surface area contributed by atoms with E-state index < -0.39 is 0 Å². The van der Waals surface area contributed by atoms with Crippen LogP contribution in [0.1, 0.15) is 34.8 Å². The van der Waals surface area contributed by atoms with Crippen molar-refractivity contribution in [1.29, 1.82) is 0 Å². The van der Waals surface area contributed by atoms with Crippen LogP contribution in [0.3, 0.4) is 0 Å². The molecule has 13 heavy (non-hydrogen) atoms. The monoisotopic (exact) mass is 240 g/mol. The number of carbonyl (C=O) groups is 1. The lowest BCUT2D eigenvalue weighted by atomic mass is 9.98. The van der Waals surface area contributed by atoms with E-state index in [0.29, 0.717) is 6.42 Å². The van der Waals surface area contributed by atoms with Gasteiger partial charge in [-0.1, -0.05) is 41.1 Å². The Labute approximate surface area is 87.3 Å². The third kappa shape index (κ3) is 2.19. The summed E-state index contributed by atoms with van der Waals surface area (Å²) in [5, 5.41) is 0.746. The third-order valence-electron chi connectivity index (χ3n) is 2.10. The van der Waals surface area contributed by atoms with Crippen LogP contribution in [0, 0.1) is 6.92 Å². The Balaban J connectivity index is 3.22. The number of benzene rings is 1. The van der Waals surface area contributed by atoms with Gasteiger partial charge >= 0.3 is 0 Å². The minimum atomic E-state index is 0.229. The van der Waals surface area contributed by atoms with Gasteiger partial charge in [0.25, 0.3) is 0 Å². The zero-order valence-electron chi connectivity index (χ0n) is 7.93. The van der Waals surface area contributed by atoms with E-state index in [4.69, 9.17) is 0 Å². The Hall–Kier alpha value is -0.630. The van der Waals surface area contributed by atoms with Crippen molar-refractivity contribution in [2.75, 3.05) is 0 Å². The molecule has 0 heterocycles. The van der Waals surface area contributed by atoms with Crippen LogP contribution in [0.5, 0.6) is 0 Å². The predicted octanol–water partition coefficient (Wildman–Crippen LogP) is 3.48. The quantitative estimate of drug-likeness (QED) is 0.584. The van der Waals surface area contributed by atoms with E-state index >= 15 is 0 Å². The van der Waals surface area contributed by atoms with Gasteiger partial charge in [0.1, 0.15) is 0 Å². The van der Waals surface area contributed by atoms with Crippen LogP contribution >= 0.6 is 15.9 Å². The number of hydrogen-bond acceptors (Lipinski definition) is 1.